The predicted molar refractivity (Wildman–Crippen MR) is 87.7 cm³/mol. The standard InChI is InChI=1S/C16H14BrN3O/c1-9-7-11(3-5-13(9)17)16(21)20-12-4-6-14-15(8-12)19-10(2)18-14/h3-8H,1-2H3,(H,18,19)(H,20,21). The van der Waals surface area contributed by atoms with Crippen LogP contribution in [0.3, 0.4) is 0 Å². The van der Waals surface area contributed by atoms with Crippen LogP contribution >= 0.6 is 15.9 Å². The van der Waals surface area contributed by atoms with Crippen LogP contribution < -0.4 is 5.32 Å². The minimum atomic E-state index is -0.124. The number of aromatic amines is 1. The highest BCUT2D eigenvalue weighted by Gasteiger charge is 2.08. The van der Waals surface area contributed by atoms with Gasteiger partial charge in [-0.2, -0.15) is 0 Å². The van der Waals surface area contributed by atoms with Gasteiger partial charge in [0.15, 0.2) is 0 Å². The Kier molecular flexibility index (Phi) is 3.51. The molecule has 106 valence electrons. The number of halogens is 1. The van der Waals surface area contributed by atoms with Crippen LogP contribution in [-0.4, -0.2) is 15.9 Å². The molecular weight excluding hydrogens is 330 g/mol. The minimum Gasteiger partial charge on any atom is -0.342 e. The number of carbonyl (C=O) groups excluding carboxylic acids is 1. The third-order valence-corrected chi connectivity index (χ3v) is 4.17. The quantitative estimate of drug-likeness (QED) is 0.732. The summed E-state index contributed by atoms with van der Waals surface area (Å²) in [5, 5.41) is 2.90. The van der Waals surface area contributed by atoms with E-state index in [9.17, 15) is 4.79 Å². The van der Waals surface area contributed by atoms with E-state index in [1.54, 1.807) is 6.07 Å². The van der Waals surface area contributed by atoms with E-state index in [4.69, 9.17) is 0 Å². The lowest BCUT2D eigenvalue weighted by atomic mass is 10.1. The Hall–Kier alpha value is -2.14. The summed E-state index contributed by atoms with van der Waals surface area (Å²) in [5.41, 5.74) is 4.22. The van der Waals surface area contributed by atoms with Crippen molar-refractivity contribution < 1.29 is 4.79 Å². The second-order valence-electron chi connectivity index (χ2n) is 4.97. The zero-order chi connectivity index (χ0) is 15.0. The van der Waals surface area contributed by atoms with Crippen molar-refractivity contribution in [1.29, 1.82) is 0 Å². The van der Waals surface area contributed by atoms with Gasteiger partial charge in [-0.05, 0) is 55.8 Å². The molecule has 2 N–H and O–H groups in total. The van der Waals surface area contributed by atoms with E-state index < -0.39 is 0 Å². The van der Waals surface area contributed by atoms with Crippen molar-refractivity contribution in [2.75, 3.05) is 5.32 Å². The Morgan fingerprint density at radius 3 is 2.76 bits per heavy atom. The van der Waals surface area contributed by atoms with E-state index >= 15 is 0 Å². The van der Waals surface area contributed by atoms with Gasteiger partial charge in [-0.3, -0.25) is 4.79 Å². The first-order chi connectivity index (χ1) is 10.0. The topological polar surface area (TPSA) is 57.8 Å². The molecule has 0 saturated heterocycles. The van der Waals surface area contributed by atoms with Crippen LogP contribution in [0.15, 0.2) is 40.9 Å². The number of carbonyl (C=O) groups is 1. The molecule has 2 aromatic carbocycles. The first-order valence-electron chi connectivity index (χ1n) is 6.57. The number of hydrogen-bond donors (Lipinski definition) is 2. The van der Waals surface area contributed by atoms with Gasteiger partial charge >= 0.3 is 0 Å². The van der Waals surface area contributed by atoms with Gasteiger partial charge in [0.2, 0.25) is 0 Å². The number of hydrogen-bond acceptors (Lipinski definition) is 2. The molecule has 21 heavy (non-hydrogen) atoms. The number of rotatable bonds is 2. The number of benzene rings is 2. The Bertz CT molecular complexity index is 839. The van der Waals surface area contributed by atoms with Crippen molar-refractivity contribution in [2.24, 2.45) is 0 Å². The van der Waals surface area contributed by atoms with E-state index in [1.165, 1.54) is 0 Å². The Morgan fingerprint density at radius 1 is 1.19 bits per heavy atom. The van der Waals surface area contributed by atoms with Crippen molar-refractivity contribution in [1.82, 2.24) is 9.97 Å². The molecule has 0 radical (unpaired) electrons. The van der Waals surface area contributed by atoms with Gasteiger partial charge in [0.25, 0.3) is 5.91 Å². The van der Waals surface area contributed by atoms with Crippen molar-refractivity contribution in [3.05, 3.63) is 57.8 Å². The summed E-state index contributed by atoms with van der Waals surface area (Å²) in [7, 11) is 0. The second-order valence-corrected chi connectivity index (χ2v) is 5.83. The number of nitrogens with one attached hydrogen (secondary N) is 2. The van der Waals surface area contributed by atoms with Crippen LogP contribution in [0.5, 0.6) is 0 Å². The lowest BCUT2D eigenvalue weighted by molar-refractivity contribution is 0.102. The zero-order valence-electron chi connectivity index (χ0n) is 11.7. The summed E-state index contributed by atoms with van der Waals surface area (Å²) in [4.78, 5) is 19.8. The summed E-state index contributed by atoms with van der Waals surface area (Å²) >= 11 is 3.43. The molecular formula is C16H14BrN3O. The third-order valence-electron chi connectivity index (χ3n) is 3.28. The fourth-order valence-electron chi connectivity index (χ4n) is 2.20. The number of aryl methyl sites for hydroxylation is 2. The Balaban J connectivity index is 1.86. The monoisotopic (exact) mass is 343 g/mol. The number of anilines is 1. The van der Waals surface area contributed by atoms with Crippen molar-refractivity contribution in [2.45, 2.75) is 13.8 Å². The fourth-order valence-corrected chi connectivity index (χ4v) is 2.45. The number of amides is 1. The van der Waals surface area contributed by atoms with Gasteiger partial charge in [0.1, 0.15) is 5.82 Å². The maximum Gasteiger partial charge on any atom is 0.255 e. The average Bonchev–Trinajstić information content (AvgIpc) is 2.81. The Labute approximate surface area is 130 Å². The molecule has 0 aliphatic heterocycles. The molecule has 5 heteroatoms. The third kappa shape index (κ3) is 2.83. The van der Waals surface area contributed by atoms with E-state index in [-0.39, 0.29) is 5.91 Å². The Morgan fingerprint density at radius 2 is 2.00 bits per heavy atom. The number of nitrogens with zero attached hydrogens (tertiary/aromatic N) is 1. The van der Waals surface area contributed by atoms with Gasteiger partial charge < -0.3 is 10.3 Å². The van der Waals surface area contributed by atoms with Crippen LogP contribution in [0, 0.1) is 13.8 Å². The lowest BCUT2D eigenvalue weighted by Crippen LogP contribution is -2.11. The van der Waals surface area contributed by atoms with Crippen LogP contribution in [0.25, 0.3) is 11.0 Å². The normalized spacial score (nSPS) is 10.8. The average molecular weight is 344 g/mol. The maximum atomic E-state index is 12.3. The molecule has 0 aliphatic carbocycles. The van der Waals surface area contributed by atoms with Gasteiger partial charge in [0.05, 0.1) is 11.0 Å². The van der Waals surface area contributed by atoms with Crippen LogP contribution in [0.1, 0.15) is 21.7 Å². The molecule has 0 aliphatic rings. The van der Waals surface area contributed by atoms with E-state index in [0.717, 1.165) is 32.6 Å². The van der Waals surface area contributed by atoms with Gasteiger partial charge in [0, 0.05) is 15.7 Å². The molecule has 1 aromatic heterocycles. The highest BCUT2D eigenvalue weighted by molar-refractivity contribution is 9.10. The molecule has 3 aromatic rings. The SMILES string of the molecule is Cc1nc2ccc(NC(=O)c3ccc(Br)c(C)c3)cc2[nH]1. The zero-order valence-corrected chi connectivity index (χ0v) is 13.3. The minimum absolute atomic E-state index is 0.124. The van der Waals surface area contributed by atoms with E-state index in [2.05, 4.69) is 31.2 Å². The molecule has 0 spiro atoms. The van der Waals surface area contributed by atoms with Gasteiger partial charge in [-0.1, -0.05) is 15.9 Å². The highest BCUT2D eigenvalue weighted by Crippen LogP contribution is 2.20. The largest absolute Gasteiger partial charge is 0.342 e. The molecule has 1 amide bonds. The number of aromatic nitrogens is 2. The van der Waals surface area contributed by atoms with Crippen molar-refractivity contribution in [3.63, 3.8) is 0 Å². The first kappa shape index (κ1) is 13.8. The smallest absolute Gasteiger partial charge is 0.255 e. The van der Waals surface area contributed by atoms with Gasteiger partial charge in [-0.15, -0.1) is 0 Å². The van der Waals surface area contributed by atoms with Crippen LogP contribution in [0.4, 0.5) is 5.69 Å². The summed E-state index contributed by atoms with van der Waals surface area (Å²) < 4.78 is 0.994. The summed E-state index contributed by atoms with van der Waals surface area (Å²) in [6.45, 7) is 3.86. The second kappa shape index (κ2) is 5.33. The summed E-state index contributed by atoms with van der Waals surface area (Å²) in [5.74, 6) is 0.734. The summed E-state index contributed by atoms with van der Waals surface area (Å²) in [6, 6.07) is 11.2. The van der Waals surface area contributed by atoms with E-state index in [1.807, 2.05) is 44.2 Å². The summed E-state index contributed by atoms with van der Waals surface area (Å²) in [6.07, 6.45) is 0. The lowest BCUT2D eigenvalue weighted by Gasteiger charge is -2.07. The fraction of sp³-hybridized carbons (Fsp3) is 0.125. The molecule has 0 bridgehead atoms. The van der Waals surface area contributed by atoms with Crippen LogP contribution in [0.2, 0.25) is 0 Å². The molecule has 0 atom stereocenters. The van der Waals surface area contributed by atoms with Crippen molar-refractivity contribution >= 4 is 38.6 Å². The molecule has 1 heterocycles. The number of imidazole rings is 1. The maximum absolute atomic E-state index is 12.3. The van der Waals surface area contributed by atoms with Crippen LogP contribution in [-0.2, 0) is 0 Å². The molecule has 0 fully saturated rings. The number of H-pyrrole nitrogens is 1. The molecule has 4 nitrogen and oxygen atoms in total. The van der Waals surface area contributed by atoms with Crippen molar-refractivity contribution in [3.8, 4) is 0 Å². The highest BCUT2D eigenvalue weighted by atomic mass is 79.9. The predicted octanol–water partition coefficient (Wildman–Crippen LogP) is 4.19. The molecule has 3 rings (SSSR count). The molecule has 0 saturated carbocycles. The number of fused-ring (bicyclic) bond motifs is 1. The first-order valence-corrected chi connectivity index (χ1v) is 7.36. The molecule has 0 unspecified atom stereocenters. The van der Waals surface area contributed by atoms with E-state index in [0.29, 0.717) is 5.56 Å². The van der Waals surface area contributed by atoms with Gasteiger partial charge in [-0.25, -0.2) is 4.98 Å².